The minimum atomic E-state index is -0.647. The van der Waals surface area contributed by atoms with Gasteiger partial charge in [-0.05, 0) is 12.1 Å². The lowest BCUT2D eigenvalue weighted by molar-refractivity contribution is 0.0256. The van der Waals surface area contributed by atoms with Crippen molar-refractivity contribution < 1.29 is 23.8 Å². The molecule has 2 aromatic carbocycles. The van der Waals surface area contributed by atoms with Crippen LogP contribution in [-0.4, -0.2) is 105 Å². The minimum Gasteiger partial charge on any atom is -0.491 e. The molecule has 5 rings (SSSR count). The first-order valence-corrected chi connectivity index (χ1v) is 13.5. The van der Waals surface area contributed by atoms with Crippen LogP contribution >= 0.6 is 0 Å². The molecule has 0 aliphatic carbocycles. The van der Waals surface area contributed by atoms with Crippen LogP contribution < -0.4 is 9.64 Å². The number of hydrogen-bond acceptors (Lipinski definition) is 9. The SMILES string of the molecule is OC(COc1ccccc1)CN(CCN1CCOCC1)Cc1c(-c2ccccc2)noc1N1CCOCC1. The highest BCUT2D eigenvalue weighted by molar-refractivity contribution is 5.68. The van der Waals surface area contributed by atoms with Crippen LogP contribution in [0.4, 0.5) is 5.88 Å². The third kappa shape index (κ3) is 7.33. The van der Waals surface area contributed by atoms with Crippen LogP contribution in [0.2, 0.25) is 0 Å². The Morgan fingerprint density at radius 2 is 1.55 bits per heavy atom. The number of anilines is 1. The summed E-state index contributed by atoms with van der Waals surface area (Å²) >= 11 is 0. The number of benzene rings is 2. The Hall–Kier alpha value is -2.95. The van der Waals surface area contributed by atoms with E-state index in [1.165, 1.54) is 0 Å². The molecular formula is C29H38N4O5. The lowest BCUT2D eigenvalue weighted by atomic mass is 10.1. The summed E-state index contributed by atoms with van der Waals surface area (Å²) in [4.78, 5) is 6.92. The van der Waals surface area contributed by atoms with Gasteiger partial charge in [-0.3, -0.25) is 9.80 Å². The van der Waals surface area contributed by atoms with Crippen molar-refractivity contribution in [1.82, 2.24) is 15.0 Å². The third-order valence-electron chi connectivity index (χ3n) is 6.99. The van der Waals surface area contributed by atoms with Gasteiger partial charge in [0.25, 0.3) is 0 Å². The molecule has 3 aromatic rings. The van der Waals surface area contributed by atoms with Crippen LogP contribution in [0.5, 0.6) is 5.75 Å². The van der Waals surface area contributed by atoms with E-state index < -0.39 is 6.10 Å². The van der Waals surface area contributed by atoms with Crippen molar-refractivity contribution in [3.05, 3.63) is 66.2 Å². The molecular weight excluding hydrogens is 484 g/mol. The summed E-state index contributed by atoms with van der Waals surface area (Å²) < 4.78 is 22.9. The zero-order valence-electron chi connectivity index (χ0n) is 21.9. The van der Waals surface area contributed by atoms with Crippen LogP contribution in [0.1, 0.15) is 5.56 Å². The molecule has 0 radical (unpaired) electrons. The van der Waals surface area contributed by atoms with Gasteiger partial charge in [0.2, 0.25) is 5.88 Å². The molecule has 1 atom stereocenters. The molecule has 38 heavy (non-hydrogen) atoms. The van der Waals surface area contributed by atoms with Gasteiger partial charge in [-0.1, -0.05) is 53.7 Å². The number of aromatic nitrogens is 1. The zero-order valence-corrected chi connectivity index (χ0v) is 21.9. The largest absolute Gasteiger partial charge is 0.491 e. The van der Waals surface area contributed by atoms with Gasteiger partial charge < -0.3 is 28.7 Å². The van der Waals surface area contributed by atoms with E-state index in [0.717, 1.165) is 80.9 Å². The van der Waals surface area contributed by atoms with Gasteiger partial charge in [-0.15, -0.1) is 0 Å². The van der Waals surface area contributed by atoms with Crippen LogP contribution in [0.25, 0.3) is 11.3 Å². The first-order chi connectivity index (χ1) is 18.8. The first kappa shape index (κ1) is 26.6. The predicted octanol–water partition coefficient (Wildman–Crippen LogP) is 2.75. The zero-order chi connectivity index (χ0) is 26.0. The normalized spacial score (nSPS) is 17.6. The lowest BCUT2D eigenvalue weighted by Crippen LogP contribution is -2.44. The molecule has 0 saturated carbocycles. The summed E-state index contributed by atoms with van der Waals surface area (Å²) in [6.07, 6.45) is -0.647. The molecule has 2 aliphatic heterocycles. The van der Waals surface area contributed by atoms with Crippen LogP contribution in [-0.2, 0) is 16.0 Å². The van der Waals surface area contributed by atoms with Gasteiger partial charge in [0.15, 0.2) is 0 Å². The van der Waals surface area contributed by atoms with E-state index in [-0.39, 0.29) is 6.61 Å². The monoisotopic (exact) mass is 522 g/mol. The molecule has 3 heterocycles. The Morgan fingerprint density at radius 3 is 2.26 bits per heavy atom. The maximum absolute atomic E-state index is 11.0. The van der Waals surface area contributed by atoms with E-state index in [1.807, 2.05) is 48.5 Å². The molecule has 0 amide bonds. The number of ether oxygens (including phenoxy) is 3. The number of aliphatic hydroxyl groups excluding tert-OH is 1. The minimum absolute atomic E-state index is 0.226. The summed E-state index contributed by atoms with van der Waals surface area (Å²) in [6.45, 7) is 9.22. The van der Waals surface area contributed by atoms with Gasteiger partial charge >= 0.3 is 0 Å². The fourth-order valence-corrected chi connectivity index (χ4v) is 4.91. The fraction of sp³-hybridized carbons (Fsp3) is 0.483. The fourth-order valence-electron chi connectivity index (χ4n) is 4.91. The molecule has 204 valence electrons. The molecule has 2 fully saturated rings. The summed E-state index contributed by atoms with van der Waals surface area (Å²) in [5, 5.41) is 15.5. The number of para-hydroxylation sites is 1. The average Bonchev–Trinajstić information content (AvgIpc) is 3.40. The molecule has 1 N–H and O–H groups in total. The molecule has 0 spiro atoms. The van der Waals surface area contributed by atoms with Crippen molar-refractivity contribution in [3.63, 3.8) is 0 Å². The van der Waals surface area contributed by atoms with Gasteiger partial charge in [-0.2, -0.15) is 0 Å². The number of aliphatic hydroxyl groups is 1. The molecule has 2 saturated heterocycles. The third-order valence-corrected chi connectivity index (χ3v) is 6.99. The Kier molecular flexibility index (Phi) is 9.63. The Labute approximate surface area is 224 Å². The molecule has 0 bridgehead atoms. The maximum atomic E-state index is 11.0. The second-order valence-corrected chi connectivity index (χ2v) is 9.75. The highest BCUT2D eigenvalue weighted by atomic mass is 16.5. The van der Waals surface area contributed by atoms with Crippen molar-refractivity contribution in [3.8, 4) is 17.0 Å². The Morgan fingerprint density at radius 1 is 0.895 bits per heavy atom. The molecule has 1 aromatic heterocycles. The molecule has 2 aliphatic rings. The Bertz CT molecular complexity index is 1080. The molecule has 9 heteroatoms. The van der Waals surface area contributed by atoms with Crippen molar-refractivity contribution in [1.29, 1.82) is 0 Å². The second-order valence-electron chi connectivity index (χ2n) is 9.75. The van der Waals surface area contributed by atoms with E-state index in [9.17, 15) is 5.11 Å². The average molecular weight is 523 g/mol. The molecule has 1 unspecified atom stereocenters. The van der Waals surface area contributed by atoms with Gasteiger partial charge in [0.1, 0.15) is 24.2 Å². The highest BCUT2D eigenvalue weighted by Gasteiger charge is 2.27. The quantitative estimate of drug-likeness (QED) is 0.386. The number of nitrogens with zero attached hydrogens (tertiary/aromatic N) is 4. The van der Waals surface area contributed by atoms with E-state index in [1.54, 1.807) is 0 Å². The smallest absolute Gasteiger partial charge is 0.232 e. The number of morpholine rings is 2. The van der Waals surface area contributed by atoms with E-state index >= 15 is 0 Å². The standard InChI is InChI=1S/C29H38N4O5/c34-25(23-37-26-9-5-2-6-10-26)21-32(12-11-31-13-17-35-18-14-31)22-27-28(24-7-3-1-4-8-24)30-38-29(27)33-15-19-36-20-16-33/h1-10,25,34H,11-23H2. The summed E-state index contributed by atoms with van der Waals surface area (Å²) in [5.74, 6) is 1.55. The van der Waals surface area contributed by atoms with Crippen LogP contribution in [0.3, 0.4) is 0 Å². The number of hydrogen-bond donors (Lipinski definition) is 1. The van der Waals surface area contributed by atoms with Crippen LogP contribution in [0, 0.1) is 0 Å². The first-order valence-electron chi connectivity index (χ1n) is 13.5. The van der Waals surface area contributed by atoms with Crippen molar-refractivity contribution in [2.24, 2.45) is 0 Å². The summed E-state index contributed by atoms with van der Waals surface area (Å²) in [5.41, 5.74) is 2.90. The predicted molar refractivity (Wildman–Crippen MR) is 145 cm³/mol. The van der Waals surface area contributed by atoms with Crippen molar-refractivity contribution in [2.45, 2.75) is 12.6 Å². The van der Waals surface area contributed by atoms with Gasteiger partial charge in [0, 0.05) is 57.9 Å². The van der Waals surface area contributed by atoms with Crippen molar-refractivity contribution in [2.75, 3.05) is 83.7 Å². The van der Waals surface area contributed by atoms with Crippen LogP contribution in [0.15, 0.2) is 65.2 Å². The lowest BCUT2D eigenvalue weighted by Gasteiger charge is -2.32. The second kappa shape index (κ2) is 13.7. The topological polar surface area (TPSA) is 83.7 Å². The van der Waals surface area contributed by atoms with E-state index in [0.29, 0.717) is 26.3 Å². The number of rotatable bonds is 12. The molecule has 9 nitrogen and oxygen atoms in total. The van der Waals surface area contributed by atoms with Gasteiger partial charge in [-0.25, -0.2) is 0 Å². The Balaban J connectivity index is 1.35. The maximum Gasteiger partial charge on any atom is 0.232 e. The highest BCUT2D eigenvalue weighted by Crippen LogP contribution is 2.33. The van der Waals surface area contributed by atoms with Crippen molar-refractivity contribution >= 4 is 5.88 Å². The van der Waals surface area contributed by atoms with Gasteiger partial charge in [0.05, 0.1) is 32.0 Å². The van der Waals surface area contributed by atoms with E-state index in [4.69, 9.17) is 18.7 Å². The van der Waals surface area contributed by atoms with E-state index in [2.05, 4.69) is 32.0 Å². The summed E-state index contributed by atoms with van der Waals surface area (Å²) in [7, 11) is 0. The summed E-state index contributed by atoms with van der Waals surface area (Å²) in [6, 6.07) is 19.8.